The molecule has 3 rings (SSSR count). The first-order chi connectivity index (χ1) is 9.65. The molecule has 0 bridgehead atoms. The van der Waals surface area contributed by atoms with E-state index in [-0.39, 0.29) is 5.91 Å². The lowest BCUT2D eigenvalue weighted by molar-refractivity contribution is 0.0717. The number of carbonyl (C=O) groups is 1. The summed E-state index contributed by atoms with van der Waals surface area (Å²) in [7, 11) is 0. The maximum Gasteiger partial charge on any atom is 0.273 e. The van der Waals surface area contributed by atoms with Gasteiger partial charge in [0, 0.05) is 18.0 Å². The molecule has 3 nitrogen and oxygen atoms in total. The van der Waals surface area contributed by atoms with Crippen molar-refractivity contribution in [2.75, 3.05) is 6.54 Å². The van der Waals surface area contributed by atoms with Gasteiger partial charge in [0.25, 0.3) is 5.91 Å². The third kappa shape index (κ3) is 2.94. The van der Waals surface area contributed by atoms with Crippen LogP contribution < -0.4 is 0 Å². The van der Waals surface area contributed by atoms with Crippen molar-refractivity contribution in [1.29, 1.82) is 0 Å². The second kappa shape index (κ2) is 5.66. The fraction of sp³-hybridized carbons (Fsp3) is 0.467. The van der Waals surface area contributed by atoms with E-state index in [0.717, 1.165) is 29.3 Å². The van der Waals surface area contributed by atoms with Crippen molar-refractivity contribution in [2.45, 2.75) is 32.7 Å². The molecule has 2 aromatic rings. The van der Waals surface area contributed by atoms with E-state index in [1.807, 2.05) is 27.8 Å². The Morgan fingerprint density at radius 1 is 1.45 bits per heavy atom. The van der Waals surface area contributed by atoms with Gasteiger partial charge in [0.2, 0.25) is 0 Å². The van der Waals surface area contributed by atoms with Crippen LogP contribution in [0.1, 0.15) is 37.2 Å². The molecular formula is C15H18N2OS2. The van der Waals surface area contributed by atoms with E-state index in [1.165, 1.54) is 0 Å². The van der Waals surface area contributed by atoms with Gasteiger partial charge in [-0.3, -0.25) is 4.79 Å². The molecule has 1 aliphatic carbocycles. The molecule has 0 unspecified atom stereocenters. The summed E-state index contributed by atoms with van der Waals surface area (Å²) in [4.78, 5) is 20.3. The number of thiophene rings is 1. The first kappa shape index (κ1) is 13.8. The number of thiazole rings is 1. The highest BCUT2D eigenvalue weighted by Crippen LogP contribution is 2.31. The first-order valence-electron chi connectivity index (χ1n) is 6.95. The lowest BCUT2D eigenvalue weighted by Gasteiger charge is -2.23. The number of hydrogen-bond donors (Lipinski definition) is 0. The number of hydrogen-bond acceptors (Lipinski definition) is 4. The fourth-order valence-corrected chi connectivity index (χ4v) is 3.82. The number of rotatable bonds is 5. The minimum absolute atomic E-state index is 0.0975. The maximum absolute atomic E-state index is 12.6. The zero-order valence-corrected chi connectivity index (χ0v) is 13.3. The minimum atomic E-state index is 0.0975. The Labute approximate surface area is 127 Å². The first-order valence-corrected chi connectivity index (χ1v) is 8.71. The third-order valence-electron chi connectivity index (χ3n) is 3.27. The van der Waals surface area contributed by atoms with Crippen molar-refractivity contribution in [3.63, 3.8) is 0 Å². The maximum atomic E-state index is 12.6. The summed E-state index contributed by atoms with van der Waals surface area (Å²) in [6.45, 7) is 5.14. The zero-order chi connectivity index (χ0) is 14.1. The number of aromatic nitrogens is 1. The molecule has 1 fully saturated rings. The van der Waals surface area contributed by atoms with E-state index in [9.17, 15) is 4.79 Å². The van der Waals surface area contributed by atoms with Gasteiger partial charge in [-0.15, -0.1) is 22.7 Å². The molecule has 20 heavy (non-hydrogen) atoms. The number of amides is 1. The van der Waals surface area contributed by atoms with Gasteiger partial charge in [0.1, 0.15) is 10.7 Å². The van der Waals surface area contributed by atoms with E-state index < -0.39 is 0 Å². The van der Waals surface area contributed by atoms with Crippen LogP contribution in [0.3, 0.4) is 0 Å². The summed E-state index contributed by atoms with van der Waals surface area (Å²) in [5.74, 6) is 0.593. The molecule has 2 heterocycles. The van der Waals surface area contributed by atoms with Crippen LogP contribution in [0.2, 0.25) is 0 Å². The standard InChI is InChI=1S/C15H18N2OS2/c1-10(2)8-17(11-5-6-11)15(18)12-9-20-14(16-12)13-4-3-7-19-13/h3-4,7,9-11H,5-6,8H2,1-2H3. The fourth-order valence-electron chi connectivity index (χ4n) is 2.21. The van der Waals surface area contributed by atoms with Crippen LogP contribution in [-0.2, 0) is 0 Å². The van der Waals surface area contributed by atoms with Crippen LogP contribution in [0.15, 0.2) is 22.9 Å². The van der Waals surface area contributed by atoms with Gasteiger partial charge in [0.15, 0.2) is 0 Å². The van der Waals surface area contributed by atoms with Crippen molar-refractivity contribution in [3.8, 4) is 9.88 Å². The Balaban J connectivity index is 1.79. The van der Waals surface area contributed by atoms with Crippen molar-refractivity contribution >= 4 is 28.6 Å². The molecular weight excluding hydrogens is 288 g/mol. The minimum Gasteiger partial charge on any atom is -0.334 e. The van der Waals surface area contributed by atoms with E-state index >= 15 is 0 Å². The van der Waals surface area contributed by atoms with E-state index in [0.29, 0.717) is 17.7 Å². The highest BCUT2D eigenvalue weighted by molar-refractivity contribution is 7.20. The van der Waals surface area contributed by atoms with Crippen LogP contribution in [0.4, 0.5) is 0 Å². The van der Waals surface area contributed by atoms with Crippen LogP contribution in [0, 0.1) is 5.92 Å². The van der Waals surface area contributed by atoms with Crippen LogP contribution in [0.25, 0.3) is 9.88 Å². The largest absolute Gasteiger partial charge is 0.334 e. The molecule has 0 aromatic carbocycles. The predicted molar refractivity (Wildman–Crippen MR) is 84.3 cm³/mol. The Kier molecular flexibility index (Phi) is 3.89. The molecule has 0 N–H and O–H groups in total. The van der Waals surface area contributed by atoms with E-state index in [4.69, 9.17) is 0 Å². The van der Waals surface area contributed by atoms with Gasteiger partial charge in [-0.25, -0.2) is 4.98 Å². The molecule has 0 atom stereocenters. The van der Waals surface area contributed by atoms with Crippen LogP contribution in [0.5, 0.6) is 0 Å². The smallest absolute Gasteiger partial charge is 0.273 e. The predicted octanol–water partition coefficient (Wildman–Crippen LogP) is 4.13. The Hall–Kier alpha value is -1.20. The zero-order valence-electron chi connectivity index (χ0n) is 11.7. The number of nitrogens with zero attached hydrogens (tertiary/aromatic N) is 2. The molecule has 106 valence electrons. The van der Waals surface area contributed by atoms with Crippen molar-refractivity contribution in [3.05, 3.63) is 28.6 Å². The SMILES string of the molecule is CC(C)CN(C(=O)c1csc(-c2cccs2)n1)C1CC1. The van der Waals surface area contributed by atoms with Crippen LogP contribution in [-0.4, -0.2) is 28.4 Å². The molecule has 5 heteroatoms. The van der Waals surface area contributed by atoms with Crippen molar-refractivity contribution in [2.24, 2.45) is 5.92 Å². The highest BCUT2D eigenvalue weighted by Gasteiger charge is 2.34. The topological polar surface area (TPSA) is 33.2 Å². The van der Waals surface area contributed by atoms with Gasteiger partial charge in [0.05, 0.1) is 4.88 Å². The average molecular weight is 306 g/mol. The second-order valence-corrected chi connectivity index (χ2v) is 7.40. The summed E-state index contributed by atoms with van der Waals surface area (Å²) in [6, 6.07) is 4.50. The Morgan fingerprint density at radius 3 is 2.85 bits per heavy atom. The summed E-state index contributed by atoms with van der Waals surface area (Å²) in [6.07, 6.45) is 2.28. The molecule has 2 aromatic heterocycles. The lowest BCUT2D eigenvalue weighted by Crippen LogP contribution is -2.36. The molecule has 0 saturated heterocycles. The molecule has 1 aliphatic rings. The summed E-state index contributed by atoms with van der Waals surface area (Å²) in [5.41, 5.74) is 0.603. The summed E-state index contributed by atoms with van der Waals surface area (Å²) in [5, 5.41) is 4.88. The van der Waals surface area contributed by atoms with Gasteiger partial charge in [-0.1, -0.05) is 19.9 Å². The highest BCUT2D eigenvalue weighted by atomic mass is 32.1. The van der Waals surface area contributed by atoms with E-state index in [2.05, 4.69) is 18.8 Å². The third-order valence-corrected chi connectivity index (χ3v) is 5.15. The molecule has 0 aliphatic heterocycles. The van der Waals surface area contributed by atoms with Gasteiger partial charge >= 0.3 is 0 Å². The van der Waals surface area contributed by atoms with Crippen molar-refractivity contribution < 1.29 is 4.79 Å². The summed E-state index contributed by atoms with van der Waals surface area (Å²) >= 11 is 3.22. The Morgan fingerprint density at radius 2 is 2.25 bits per heavy atom. The Bertz CT molecular complexity index is 585. The summed E-state index contributed by atoms with van der Waals surface area (Å²) < 4.78 is 0. The lowest BCUT2D eigenvalue weighted by atomic mass is 10.2. The number of carbonyl (C=O) groups excluding carboxylic acids is 1. The normalized spacial score (nSPS) is 14.8. The monoisotopic (exact) mass is 306 g/mol. The molecule has 1 saturated carbocycles. The van der Waals surface area contributed by atoms with Crippen LogP contribution >= 0.6 is 22.7 Å². The average Bonchev–Trinajstić information content (AvgIpc) is 2.94. The van der Waals surface area contributed by atoms with E-state index in [1.54, 1.807) is 22.7 Å². The van der Waals surface area contributed by atoms with Gasteiger partial charge < -0.3 is 4.90 Å². The quantitative estimate of drug-likeness (QED) is 0.832. The van der Waals surface area contributed by atoms with Gasteiger partial charge in [-0.05, 0) is 30.2 Å². The molecule has 1 amide bonds. The molecule has 0 radical (unpaired) electrons. The molecule has 0 spiro atoms. The van der Waals surface area contributed by atoms with Crippen molar-refractivity contribution in [1.82, 2.24) is 9.88 Å². The second-order valence-electron chi connectivity index (χ2n) is 5.60. The van der Waals surface area contributed by atoms with Gasteiger partial charge in [-0.2, -0.15) is 0 Å².